The summed E-state index contributed by atoms with van der Waals surface area (Å²) in [7, 11) is 6.53. The summed E-state index contributed by atoms with van der Waals surface area (Å²) < 4.78 is 10.9. The third-order valence-corrected chi connectivity index (χ3v) is 5.94. The number of ether oxygens (including phenoxy) is 2. The minimum Gasteiger partial charge on any atom is -0.496 e. The van der Waals surface area contributed by atoms with Gasteiger partial charge in [-0.1, -0.05) is 19.3 Å². The molecule has 1 aromatic rings. The minimum atomic E-state index is -0.287. The van der Waals surface area contributed by atoms with Crippen molar-refractivity contribution in [1.29, 1.82) is 0 Å². The normalized spacial score (nSPS) is 14.6. The van der Waals surface area contributed by atoms with Crippen LogP contribution in [0, 0.1) is 0 Å². The molecule has 0 saturated heterocycles. The van der Waals surface area contributed by atoms with Crippen LogP contribution in [0.25, 0.3) is 0 Å². The summed E-state index contributed by atoms with van der Waals surface area (Å²) in [6.45, 7) is 0.0294. The number of likely N-dealkylation sites (N-methyl/N-ethyl adjacent to an activating group) is 2. The molecular formula is C20H30N2O4S. The molecule has 27 heavy (non-hydrogen) atoms. The third-order valence-electron chi connectivity index (χ3n) is 5.18. The predicted octanol–water partition coefficient (Wildman–Crippen LogP) is 3.29. The molecule has 0 aliphatic heterocycles. The lowest BCUT2D eigenvalue weighted by molar-refractivity contribution is -0.133. The van der Waals surface area contributed by atoms with Crippen LogP contribution < -0.4 is 9.47 Å². The van der Waals surface area contributed by atoms with Crippen LogP contribution in [0.5, 0.6) is 11.5 Å². The van der Waals surface area contributed by atoms with Gasteiger partial charge in [0.2, 0.25) is 5.91 Å². The van der Waals surface area contributed by atoms with Gasteiger partial charge < -0.3 is 19.3 Å². The number of rotatable bonds is 7. The molecule has 150 valence electrons. The summed E-state index contributed by atoms with van der Waals surface area (Å²) in [6, 6.07) is 3.89. The van der Waals surface area contributed by atoms with E-state index in [4.69, 9.17) is 9.47 Å². The van der Waals surface area contributed by atoms with Crippen molar-refractivity contribution in [3.8, 4) is 11.5 Å². The van der Waals surface area contributed by atoms with Crippen LogP contribution in [-0.2, 0) is 4.79 Å². The number of methoxy groups -OCH3 is 2. The smallest absolute Gasteiger partial charge is 0.261 e. The molecule has 0 N–H and O–H groups in total. The number of hydrogen-bond acceptors (Lipinski definition) is 5. The van der Waals surface area contributed by atoms with Gasteiger partial charge in [-0.25, -0.2) is 0 Å². The van der Waals surface area contributed by atoms with Gasteiger partial charge in [-0.3, -0.25) is 9.59 Å². The molecule has 1 fully saturated rings. The Balaban J connectivity index is 2.18. The highest BCUT2D eigenvalue weighted by atomic mass is 32.2. The molecular weight excluding hydrogens is 364 g/mol. The van der Waals surface area contributed by atoms with Gasteiger partial charge in [0.25, 0.3) is 5.91 Å². The first-order valence-corrected chi connectivity index (χ1v) is 10.5. The Hall–Kier alpha value is -1.89. The zero-order valence-electron chi connectivity index (χ0n) is 16.9. The van der Waals surface area contributed by atoms with Crippen molar-refractivity contribution in [3.05, 3.63) is 17.7 Å². The monoisotopic (exact) mass is 394 g/mol. The molecule has 1 aliphatic carbocycles. The second kappa shape index (κ2) is 9.88. The van der Waals surface area contributed by atoms with E-state index in [0.717, 1.165) is 30.6 Å². The van der Waals surface area contributed by atoms with E-state index in [1.165, 1.54) is 37.3 Å². The Morgan fingerprint density at radius 1 is 1.11 bits per heavy atom. The number of hydrogen-bond donors (Lipinski definition) is 0. The van der Waals surface area contributed by atoms with Crippen LogP contribution in [0.2, 0.25) is 0 Å². The SMILES string of the molecule is COc1ccc(SC)c(OC)c1C(=O)N(C)CC(=O)N(C)C1CCCCC1. The van der Waals surface area contributed by atoms with Gasteiger partial charge in [-0.15, -0.1) is 11.8 Å². The van der Waals surface area contributed by atoms with Gasteiger partial charge in [0, 0.05) is 20.1 Å². The van der Waals surface area contributed by atoms with Crippen LogP contribution in [0.4, 0.5) is 0 Å². The topological polar surface area (TPSA) is 59.1 Å². The molecule has 0 atom stereocenters. The second-order valence-corrected chi connectivity index (χ2v) is 7.68. The van der Waals surface area contributed by atoms with Gasteiger partial charge in [0.05, 0.1) is 25.7 Å². The average molecular weight is 395 g/mol. The van der Waals surface area contributed by atoms with Crippen molar-refractivity contribution in [2.75, 3.05) is 41.1 Å². The maximum atomic E-state index is 13.1. The maximum absolute atomic E-state index is 13.1. The first-order valence-electron chi connectivity index (χ1n) is 9.24. The summed E-state index contributed by atoms with van der Waals surface area (Å²) >= 11 is 1.49. The highest BCUT2D eigenvalue weighted by Crippen LogP contribution is 2.37. The highest BCUT2D eigenvalue weighted by molar-refractivity contribution is 7.98. The molecule has 0 spiro atoms. The summed E-state index contributed by atoms with van der Waals surface area (Å²) in [4.78, 5) is 29.9. The fourth-order valence-electron chi connectivity index (χ4n) is 3.53. The standard InChI is InChI=1S/C20H30N2O4S/c1-21(13-17(23)22(2)14-9-7-6-8-10-14)20(24)18-15(25-3)11-12-16(27-5)19(18)26-4/h11-12,14H,6-10,13H2,1-5H3. The third kappa shape index (κ3) is 4.89. The Bertz CT molecular complexity index is 674. The molecule has 0 radical (unpaired) electrons. The highest BCUT2D eigenvalue weighted by Gasteiger charge is 2.28. The van der Waals surface area contributed by atoms with Gasteiger partial charge in [-0.05, 0) is 31.2 Å². The fraction of sp³-hybridized carbons (Fsp3) is 0.600. The van der Waals surface area contributed by atoms with E-state index in [1.54, 1.807) is 18.0 Å². The molecule has 2 amide bonds. The van der Waals surface area contributed by atoms with Crippen molar-refractivity contribution < 1.29 is 19.1 Å². The molecule has 1 aromatic carbocycles. The summed E-state index contributed by atoms with van der Waals surface area (Å²) in [5.74, 6) is 0.586. The first kappa shape index (κ1) is 21.4. The molecule has 0 bridgehead atoms. The quantitative estimate of drug-likeness (QED) is 0.664. The summed E-state index contributed by atoms with van der Waals surface area (Å²) in [5, 5.41) is 0. The predicted molar refractivity (Wildman–Crippen MR) is 108 cm³/mol. The number of amides is 2. The largest absolute Gasteiger partial charge is 0.496 e. The van der Waals surface area contributed by atoms with E-state index in [1.807, 2.05) is 19.4 Å². The number of thioether (sulfide) groups is 1. The molecule has 0 heterocycles. The van der Waals surface area contributed by atoms with E-state index >= 15 is 0 Å². The lowest BCUT2D eigenvalue weighted by atomic mass is 9.94. The molecule has 1 saturated carbocycles. The average Bonchev–Trinajstić information content (AvgIpc) is 2.71. The Kier molecular flexibility index (Phi) is 7.83. The van der Waals surface area contributed by atoms with E-state index < -0.39 is 0 Å². The molecule has 2 rings (SSSR count). The Morgan fingerprint density at radius 2 is 1.78 bits per heavy atom. The van der Waals surface area contributed by atoms with Gasteiger partial charge >= 0.3 is 0 Å². The maximum Gasteiger partial charge on any atom is 0.261 e. The van der Waals surface area contributed by atoms with Crippen molar-refractivity contribution in [2.24, 2.45) is 0 Å². The van der Waals surface area contributed by atoms with Crippen molar-refractivity contribution in [1.82, 2.24) is 9.80 Å². The molecule has 7 heteroatoms. The number of nitrogens with zero attached hydrogens (tertiary/aromatic N) is 2. The fourth-order valence-corrected chi connectivity index (χ4v) is 4.11. The van der Waals surface area contributed by atoms with Crippen LogP contribution in [0.15, 0.2) is 17.0 Å². The zero-order chi connectivity index (χ0) is 20.0. The van der Waals surface area contributed by atoms with E-state index in [9.17, 15) is 9.59 Å². The van der Waals surface area contributed by atoms with Crippen LogP contribution in [0.1, 0.15) is 42.5 Å². The van der Waals surface area contributed by atoms with E-state index in [2.05, 4.69) is 0 Å². The molecule has 6 nitrogen and oxygen atoms in total. The number of benzene rings is 1. The van der Waals surface area contributed by atoms with Crippen molar-refractivity contribution in [2.45, 2.75) is 43.0 Å². The lowest BCUT2D eigenvalue weighted by Crippen LogP contribution is -2.44. The Morgan fingerprint density at radius 3 is 2.33 bits per heavy atom. The molecule has 0 aromatic heterocycles. The van der Waals surface area contributed by atoms with Crippen LogP contribution >= 0.6 is 11.8 Å². The van der Waals surface area contributed by atoms with Gasteiger partial charge in [0.1, 0.15) is 17.1 Å². The van der Waals surface area contributed by atoms with Gasteiger partial charge in [0.15, 0.2) is 0 Å². The first-order chi connectivity index (χ1) is 12.9. The molecule has 1 aliphatic rings. The van der Waals surface area contributed by atoms with Crippen LogP contribution in [-0.4, -0.2) is 68.8 Å². The summed E-state index contributed by atoms with van der Waals surface area (Å²) in [5.41, 5.74) is 0.350. The number of carbonyl (C=O) groups excluding carboxylic acids is 2. The number of carbonyl (C=O) groups is 2. The molecule has 0 unspecified atom stereocenters. The van der Waals surface area contributed by atoms with Gasteiger partial charge in [-0.2, -0.15) is 0 Å². The van der Waals surface area contributed by atoms with Crippen LogP contribution in [0.3, 0.4) is 0 Å². The second-order valence-electron chi connectivity index (χ2n) is 6.84. The van der Waals surface area contributed by atoms with Crippen molar-refractivity contribution in [3.63, 3.8) is 0 Å². The van der Waals surface area contributed by atoms with E-state index in [0.29, 0.717) is 17.1 Å². The van der Waals surface area contributed by atoms with E-state index in [-0.39, 0.29) is 24.4 Å². The minimum absolute atomic E-state index is 0.0294. The van der Waals surface area contributed by atoms with Crippen molar-refractivity contribution >= 4 is 23.6 Å². The zero-order valence-corrected chi connectivity index (χ0v) is 17.7. The lowest BCUT2D eigenvalue weighted by Gasteiger charge is -2.32. The Labute approximate surface area is 166 Å². The summed E-state index contributed by atoms with van der Waals surface area (Å²) in [6.07, 6.45) is 7.56.